The maximum Gasteiger partial charge on any atom is 0.231 e. The van der Waals surface area contributed by atoms with Crippen LogP contribution >= 0.6 is 0 Å². The first-order chi connectivity index (χ1) is 9.63. The Balaban J connectivity index is 1.66. The number of fused-ring (bicyclic) bond motifs is 1. The summed E-state index contributed by atoms with van der Waals surface area (Å²) < 4.78 is 10.8. The number of carbonyl (C=O) groups is 1. The SMILES string of the molecule is CC(=O)N1CCC(Nc2cc3c(cc2C)OCO3)CC1. The molecule has 1 saturated heterocycles. The Morgan fingerprint density at radius 3 is 2.55 bits per heavy atom. The summed E-state index contributed by atoms with van der Waals surface area (Å²) in [5, 5.41) is 3.56. The van der Waals surface area contributed by atoms with Crippen LogP contribution in [-0.2, 0) is 4.79 Å². The molecule has 1 aromatic rings. The Kier molecular flexibility index (Phi) is 3.42. The average Bonchev–Trinajstić information content (AvgIpc) is 2.87. The fourth-order valence-corrected chi connectivity index (χ4v) is 2.76. The summed E-state index contributed by atoms with van der Waals surface area (Å²) in [7, 11) is 0. The summed E-state index contributed by atoms with van der Waals surface area (Å²) in [4.78, 5) is 13.2. The zero-order valence-electron chi connectivity index (χ0n) is 11.9. The molecule has 20 heavy (non-hydrogen) atoms. The van der Waals surface area contributed by atoms with Crippen LogP contribution in [0.25, 0.3) is 0 Å². The molecule has 0 aliphatic carbocycles. The van der Waals surface area contributed by atoms with E-state index in [0.717, 1.165) is 48.7 Å². The van der Waals surface area contributed by atoms with E-state index in [1.807, 2.05) is 17.0 Å². The second kappa shape index (κ2) is 5.23. The standard InChI is InChI=1S/C15H20N2O3/c1-10-7-14-15(20-9-19-14)8-13(10)16-12-3-5-17(6-4-12)11(2)18/h7-8,12,16H,3-6,9H2,1-2H3. The van der Waals surface area contributed by atoms with Gasteiger partial charge in [0.05, 0.1) is 0 Å². The number of hydrogen-bond acceptors (Lipinski definition) is 4. The number of nitrogens with zero attached hydrogens (tertiary/aromatic N) is 1. The van der Waals surface area contributed by atoms with E-state index in [1.54, 1.807) is 6.92 Å². The third kappa shape index (κ3) is 2.53. The van der Waals surface area contributed by atoms with Crippen LogP contribution in [0.5, 0.6) is 11.5 Å². The summed E-state index contributed by atoms with van der Waals surface area (Å²) in [5.41, 5.74) is 2.25. The predicted octanol–water partition coefficient (Wildman–Crippen LogP) is 2.15. The largest absolute Gasteiger partial charge is 0.454 e. The first kappa shape index (κ1) is 13.1. The van der Waals surface area contributed by atoms with E-state index in [0.29, 0.717) is 12.8 Å². The third-order valence-electron chi connectivity index (χ3n) is 4.02. The van der Waals surface area contributed by atoms with Gasteiger partial charge in [0.15, 0.2) is 11.5 Å². The van der Waals surface area contributed by atoms with E-state index >= 15 is 0 Å². The van der Waals surface area contributed by atoms with Gasteiger partial charge < -0.3 is 19.7 Å². The van der Waals surface area contributed by atoms with Gasteiger partial charge in [-0.25, -0.2) is 0 Å². The monoisotopic (exact) mass is 276 g/mol. The summed E-state index contributed by atoms with van der Waals surface area (Å²) in [6.07, 6.45) is 1.96. The number of aryl methyl sites for hydroxylation is 1. The van der Waals surface area contributed by atoms with Crippen molar-refractivity contribution < 1.29 is 14.3 Å². The number of anilines is 1. The smallest absolute Gasteiger partial charge is 0.231 e. The van der Waals surface area contributed by atoms with Crippen molar-refractivity contribution in [3.05, 3.63) is 17.7 Å². The molecule has 1 aromatic carbocycles. The first-order valence-electron chi connectivity index (χ1n) is 7.06. The van der Waals surface area contributed by atoms with E-state index in [-0.39, 0.29) is 5.91 Å². The van der Waals surface area contributed by atoms with Gasteiger partial charge in [-0.15, -0.1) is 0 Å². The van der Waals surface area contributed by atoms with Crippen LogP contribution in [0.2, 0.25) is 0 Å². The van der Waals surface area contributed by atoms with Crippen molar-refractivity contribution >= 4 is 11.6 Å². The topological polar surface area (TPSA) is 50.8 Å². The van der Waals surface area contributed by atoms with Crippen LogP contribution in [0.4, 0.5) is 5.69 Å². The Morgan fingerprint density at radius 2 is 1.90 bits per heavy atom. The van der Waals surface area contributed by atoms with Gasteiger partial charge in [-0.2, -0.15) is 0 Å². The van der Waals surface area contributed by atoms with E-state index in [2.05, 4.69) is 12.2 Å². The van der Waals surface area contributed by atoms with Gasteiger partial charge in [0.1, 0.15) is 0 Å². The van der Waals surface area contributed by atoms with Crippen LogP contribution in [-0.4, -0.2) is 36.7 Å². The predicted molar refractivity (Wildman–Crippen MR) is 76.2 cm³/mol. The van der Waals surface area contributed by atoms with Crippen LogP contribution in [0.1, 0.15) is 25.3 Å². The van der Waals surface area contributed by atoms with Crippen molar-refractivity contribution in [2.45, 2.75) is 32.7 Å². The third-order valence-corrected chi connectivity index (χ3v) is 4.02. The maximum atomic E-state index is 11.3. The lowest BCUT2D eigenvalue weighted by Gasteiger charge is -2.32. The molecule has 1 amide bonds. The molecule has 0 atom stereocenters. The zero-order chi connectivity index (χ0) is 14.1. The zero-order valence-corrected chi connectivity index (χ0v) is 11.9. The normalized spacial score (nSPS) is 18.2. The van der Waals surface area contributed by atoms with Crippen molar-refractivity contribution in [1.82, 2.24) is 4.90 Å². The van der Waals surface area contributed by atoms with Crippen molar-refractivity contribution in [2.75, 3.05) is 25.2 Å². The van der Waals surface area contributed by atoms with Crippen molar-refractivity contribution in [2.24, 2.45) is 0 Å². The second-order valence-corrected chi connectivity index (χ2v) is 5.45. The summed E-state index contributed by atoms with van der Waals surface area (Å²) >= 11 is 0. The molecule has 2 aliphatic heterocycles. The molecule has 0 radical (unpaired) electrons. The Hall–Kier alpha value is -1.91. The molecule has 2 heterocycles. The van der Waals surface area contributed by atoms with Gasteiger partial charge in [0, 0.05) is 37.8 Å². The van der Waals surface area contributed by atoms with Crippen LogP contribution in [0.15, 0.2) is 12.1 Å². The number of piperidine rings is 1. The number of carbonyl (C=O) groups excluding carboxylic acids is 1. The lowest BCUT2D eigenvalue weighted by atomic mass is 10.0. The van der Waals surface area contributed by atoms with Crippen molar-refractivity contribution in [1.29, 1.82) is 0 Å². The molecule has 0 unspecified atom stereocenters. The fraction of sp³-hybridized carbons (Fsp3) is 0.533. The molecule has 108 valence electrons. The fourth-order valence-electron chi connectivity index (χ4n) is 2.76. The molecular weight excluding hydrogens is 256 g/mol. The van der Waals surface area contributed by atoms with Gasteiger partial charge >= 0.3 is 0 Å². The van der Waals surface area contributed by atoms with Gasteiger partial charge in [-0.05, 0) is 31.4 Å². The Labute approximate surface area is 118 Å². The highest BCUT2D eigenvalue weighted by Crippen LogP contribution is 2.37. The van der Waals surface area contributed by atoms with Gasteiger partial charge in [0.25, 0.3) is 0 Å². The van der Waals surface area contributed by atoms with Gasteiger partial charge in [-0.1, -0.05) is 0 Å². The molecule has 5 nitrogen and oxygen atoms in total. The van der Waals surface area contributed by atoms with Crippen LogP contribution < -0.4 is 14.8 Å². The molecule has 0 saturated carbocycles. The van der Waals surface area contributed by atoms with Crippen molar-refractivity contribution in [3.8, 4) is 11.5 Å². The molecular formula is C15H20N2O3. The van der Waals surface area contributed by atoms with E-state index in [9.17, 15) is 4.79 Å². The Morgan fingerprint density at radius 1 is 1.25 bits per heavy atom. The number of amides is 1. The van der Waals surface area contributed by atoms with Crippen molar-refractivity contribution in [3.63, 3.8) is 0 Å². The highest BCUT2D eigenvalue weighted by atomic mass is 16.7. The van der Waals surface area contributed by atoms with E-state index in [4.69, 9.17) is 9.47 Å². The molecule has 3 rings (SSSR count). The first-order valence-corrected chi connectivity index (χ1v) is 7.06. The number of rotatable bonds is 2. The van der Waals surface area contributed by atoms with Gasteiger partial charge in [0.2, 0.25) is 12.7 Å². The number of nitrogens with one attached hydrogen (secondary N) is 1. The minimum atomic E-state index is 0.169. The summed E-state index contributed by atoms with van der Waals surface area (Å²) in [6.45, 7) is 5.66. The second-order valence-electron chi connectivity index (χ2n) is 5.45. The molecule has 1 N–H and O–H groups in total. The number of likely N-dealkylation sites (tertiary alicyclic amines) is 1. The number of ether oxygens (including phenoxy) is 2. The molecule has 5 heteroatoms. The molecule has 2 aliphatic rings. The molecule has 0 aromatic heterocycles. The molecule has 1 fully saturated rings. The summed E-state index contributed by atoms with van der Waals surface area (Å²) in [5.74, 6) is 1.79. The van der Waals surface area contributed by atoms with Gasteiger partial charge in [-0.3, -0.25) is 4.79 Å². The lowest BCUT2D eigenvalue weighted by molar-refractivity contribution is -0.129. The van der Waals surface area contributed by atoms with E-state index < -0.39 is 0 Å². The minimum absolute atomic E-state index is 0.169. The highest BCUT2D eigenvalue weighted by Gasteiger charge is 2.22. The number of hydrogen-bond donors (Lipinski definition) is 1. The minimum Gasteiger partial charge on any atom is -0.454 e. The molecule has 0 spiro atoms. The van der Waals surface area contributed by atoms with Crippen LogP contribution in [0, 0.1) is 6.92 Å². The highest BCUT2D eigenvalue weighted by molar-refractivity contribution is 5.73. The van der Waals surface area contributed by atoms with E-state index in [1.165, 1.54) is 0 Å². The molecule has 0 bridgehead atoms. The number of benzene rings is 1. The maximum absolute atomic E-state index is 11.3. The summed E-state index contributed by atoms with van der Waals surface area (Å²) in [6, 6.07) is 4.43. The lowest BCUT2D eigenvalue weighted by Crippen LogP contribution is -2.41. The average molecular weight is 276 g/mol. The quantitative estimate of drug-likeness (QED) is 0.899. The Bertz CT molecular complexity index is 522. The van der Waals surface area contributed by atoms with Crippen LogP contribution in [0.3, 0.4) is 0 Å².